The van der Waals surface area contributed by atoms with Crippen LogP contribution in [0.4, 0.5) is 0 Å². The molecular weight excluding hydrogens is 266 g/mol. The molecule has 0 bridgehead atoms. The van der Waals surface area contributed by atoms with Gasteiger partial charge in [0.25, 0.3) is 6.04 Å². The number of nitrogens with zero attached hydrogens (tertiary/aromatic N) is 1. The topological polar surface area (TPSA) is 87.9 Å². The molecule has 0 amide bonds. The lowest BCUT2D eigenvalue weighted by Gasteiger charge is -2.13. The van der Waals surface area contributed by atoms with Crippen molar-refractivity contribution in [3.05, 3.63) is 46.0 Å². The van der Waals surface area contributed by atoms with Crippen LogP contribution in [0, 0.1) is 10.1 Å². The van der Waals surface area contributed by atoms with E-state index in [2.05, 4.69) is 0 Å². The standard InChI is InChI=1S/C13H15NO6/c15-13(10-4-2-1-3-5-10)20-9-11(14(16)17)8-12-18-6-7-19-12/h1-5,11-12H,6-9H2. The minimum Gasteiger partial charge on any atom is -0.455 e. The summed E-state index contributed by atoms with van der Waals surface area (Å²) in [6, 6.07) is 7.31. The molecule has 7 nitrogen and oxygen atoms in total. The first-order chi connectivity index (χ1) is 9.66. The van der Waals surface area contributed by atoms with Gasteiger partial charge < -0.3 is 14.2 Å². The van der Waals surface area contributed by atoms with Crippen LogP contribution in [-0.2, 0) is 14.2 Å². The molecule has 0 spiro atoms. The zero-order valence-electron chi connectivity index (χ0n) is 10.8. The molecule has 1 saturated heterocycles. The number of carbonyl (C=O) groups excluding carboxylic acids is 1. The van der Waals surface area contributed by atoms with Crippen molar-refractivity contribution in [2.45, 2.75) is 18.8 Å². The number of hydrogen-bond donors (Lipinski definition) is 0. The van der Waals surface area contributed by atoms with Crippen molar-refractivity contribution in [1.82, 2.24) is 0 Å². The van der Waals surface area contributed by atoms with Gasteiger partial charge in [-0.25, -0.2) is 4.79 Å². The second kappa shape index (κ2) is 6.97. The van der Waals surface area contributed by atoms with Crippen molar-refractivity contribution in [2.75, 3.05) is 19.8 Å². The zero-order valence-corrected chi connectivity index (χ0v) is 10.8. The number of ether oxygens (including phenoxy) is 3. The van der Waals surface area contributed by atoms with Crippen molar-refractivity contribution in [2.24, 2.45) is 0 Å². The smallest absolute Gasteiger partial charge is 0.338 e. The molecule has 1 aliphatic heterocycles. The van der Waals surface area contributed by atoms with Crippen LogP contribution in [0.5, 0.6) is 0 Å². The van der Waals surface area contributed by atoms with Crippen molar-refractivity contribution in [3.63, 3.8) is 0 Å². The summed E-state index contributed by atoms with van der Waals surface area (Å²) in [5.74, 6) is -0.578. The summed E-state index contributed by atoms with van der Waals surface area (Å²) in [4.78, 5) is 22.2. The molecule has 0 radical (unpaired) electrons. The molecule has 0 N–H and O–H groups in total. The molecule has 1 aromatic rings. The number of carbonyl (C=O) groups is 1. The fraction of sp³-hybridized carbons (Fsp3) is 0.462. The number of nitro groups is 1. The Balaban J connectivity index is 1.85. The summed E-state index contributed by atoms with van der Waals surface area (Å²) in [5, 5.41) is 10.9. The second-order valence-electron chi connectivity index (χ2n) is 4.31. The first kappa shape index (κ1) is 14.4. The lowest BCUT2D eigenvalue weighted by molar-refractivity contribution is -0.529. The van der Waals surface area contributed by atoms with Gasteiger partial charge in [0.05, 0.1) is 25.2 Å². The molecule has 7 heteroatoms. The summed E-state index contributed by atoms with van der Waals surface area (Å²) in [7, 11) is 0. The van der Waals surface area contributed by atoms with E-state index in [0.29, 0.717) is 18.8 Å². The molecule has 1 atom stereocenters. The number of rotatable bonds is 6. The maximum Gasteiger partial charge on any atom is 0.338 e. The van der Waals surface area contributed by atoms with Gasteiger partial charge in [0.1, 0.15) is 0 Å². The second-order valence-corrected chi connectivity index (χ2v) is 4.31. The van der Waals surface area contributed by atoms with Crippen LogP contribution in [0.3, 0.4) is 0 Å². The van der Waals surface area contributed by atoms with E-state index in [1.165, 1.54) is 0 Å². The summed E-state index contributed by atoms with van der Waals surface area (Å²) in [6.07, 6.45) is -0.532. The Hall–Kier alpha value is -1.99. The van der Waals surface area contributed by atoms with E-state index in [1.807, 2.05) is 0 Å². The van der Waals surface area contributed by atoms with Gasteiger partial charge in [-0.2, -0.15) is 0 Å². The van der Waals surface area contributed by atoms with Gasteiger partial charge in [-0.15, -0.1) is 0 Å². The summed E-state index contributed by atoms with van der Waals surface area (Å²) >= 11 is 0. The molecule has 1 heterocycles. The third-order valence-electron chi connectivity index (χ3n) is 2.87. The van der Waals surface area contributed by atoms with Crippen molar-refractivity contribution >= 4 is 5.97 Å². The van der Waals surface area contributed by atoms with E-state index in [0.717, 1.165) is 0 Å². The fourth-order valence-electron chi connectivity index (χ4n) is 1.81. The predicted molar refractivity (Wildman–Crippen MR) is 67.8 cm³/mol. The summed E-state index contributed by atoms with van der Waals surface area (Å²) < 4.78 is 15.3. The third-order valence-corrected chi connectivity index (χ3v) is 2.87. The van der Waals surface area contributed by atoms with Crippen molar-refractivity contribution in [1.29, 1.82) is 0 Å². The monoisotopic (exact) mass is 281 g/mol. The van der Waals surface area contributed by atoms with Gasteiger partial charge >= 0.3 is 5.97 Å². The van der Waals surface area contributed by atoms with E-state index in [-0.39, 0.29) is 13.0 Å². The first-order valence-electron chi connectivity index (χ1n) is 6.25. The average Bonchev–Trinajstić information content (AvgIpc) is 2.96. The van der Waals surface area contributed by atoms with Gasteiger partial charge in [-0.3, -0.25) is 10.1 Å². The van der Waals surface area contributed by atoms with Crippen LogP contribution >= 0.6 is 0 Å². The molecule has 1 aliphatic rings. The van der Waals surface area contributed by atoms with Crippen LogP contribution in [0.1, 0.15) is 16.8 Å². The molecule has 2 rings (SSSR count). The minimum atomic E-state index is -1.04. The number of hydrogen-bond acceptors (Lipinski definition) is 6. The van der Waals surface area contributed by atoms with E-state index in [4.69, 9.17) is 14.2 Å². The SMILES string of the molecule is O=C(OCC(CC1OCCO1)[N+](=O)[O-])c1ccccc1. The summed E-state index contributed by atoms with van der Waals surface area (Å²) in [6.45, 7) is 0.557. The quantitative estimate of drug-likeness (QED) is 0.443. The Morgan fingerprint density at radius 2 is 2.00 bits per heavy atom. The van der Waals surface area contributed by atoms with Crippen LogP contribution in [0.2, 0.25) is 0 Å². The van der Waals surface area contributed by atoms with Gasteiger partial charge in [0.15, 0.2) is 12.9 Å². The average molecular weight is 281 g/mol. The van der Waals surface area contributed by atoms with Crippen LogP contribution in [-0.4, -0.2) is 43.0 Å². The third kappa shape index (κ3) is 4.01. The van der Waals surface area contributed by atoms with Crippen molar-refractivity contribution in [3.8, 4) is 0 Å². The highest BCUT2D eigenvalue weighted by atomic mass is 16.7. The largest absolute Gasteiger partial charge is 0.455 e. The van der Waals surface area contributed by atoms with E-state index in [1.54, 1.807) is 30.3 Å². The van der Waals surface area contributed by atoms with Gasteiger partial charge in [0.2, 0.25) is 0 Å². The minimum absolute atomic E-state index is 0.0646. The van der Waals surface area contributed by atoms with E-state index < -0.39 is 23.2 Å². The number of benzene rings is 1. The lowest BCUT2D eigenvalue weighted by atomic mass is 10.2. The Morgan fingerprint density at radius 3 is 2.60 bits per heavy atom. The van der Waals surface area contributed by atoms with Crippen molar-refractivity contribution < 1.29 is 23.9 Å². The van der Waals surface area contributed by atoms with Gasteiger partial charge in [-0.05, 0) is 12.1 Å². The lowest BCUT2D eigenvalue weighted by Crippen LogP contribution is -2.31. The predicted octanol–water partition coefficient (Wildman–Crippen LogP) is 1.25. The molecular formula is C13H15NO6. The van der Waals surface area contributed by atoms with Crippen LogP contribution < -0.4 is 0 Å². The molecule has 108 valence electrons. The maximum absolute atomic E-state index is 11.7. The Kier molecular flexibility index (Phi) is 5.03. The molecule has 20 heavy (non-hydrogen) atoms. The Morgan fingerprint density at radius 1 is 1.35 bits per heavy atom. The highest BCUT2D eigenvalue weighted by Crippen LogP contribution is 2.13. The molecule has 1 unspecified atom stereocenters. The maximum atomic E-state index is 11.7. The van der Waals surface area contributed by atoms with E-state index >= 15 is 0 Å². The zero-order chi connectivity index (χ0) is 14.4. The van der Waals surface area contributed by atoms with Gasteiger partial charge in [0, 0.05) is 4.92 Å². The summed E-state index contributed by atoms with van der Waals surface area (Å²) in [5.41, 5.74) is 0.364. The first-order valence-corrected chi connectivity index (χ1v) is 6.25. The van der Waals surface area contributed by atoms with Crippen LogP contribution in [0.25, 0.3) is 0 Å². The number of esters is 1. The normalized spacial score (nSPS) is 16.8. The van der Waals surface area contributed by atoms with Gasteiger partial charge in [-0.1, -0.05) is 18.2 Å². The fourth-order valence-corrected chi connectivity index (χ4v) is 1.81. The Labute approximate surface area is 115 Å². The van der Waals surface area contributed by atoms with Crippen LogP contribution in [0.15, 0.2) is 30.3 Å². The highest BCUT2D eigenvalue weighted by Gasteiger charge is 2.30. The highest BCUT2D eigenvalue weighted by molar-refractivity contribution is 5.89. The molecule has 0 aliphatic carbocycles. The molecule has 0 aromatic heterocycles. The molecule has 1 aromatic carbocycles. The molecule has 0 saturated carbocycles. The Bertz CT molecular complexity index is 457. The van der Waals surface area contributed by atoms with E-state index in [9.17, 15) is 14.9 Å². The molecule has 1 fully saturated rings.